The van der Waals surface area contributed by atoms with E-state index < -0.39 is 0 Å². The number of rotatable bonds is 2. The normalized spacial score (nSPS) is 12.2. The summed E-state index contributed by atoms with van der Waals surface area (Å²) in [4.78, 5) is 21.9. The van der Waals surface area contributed by atoms with Crippen LogP contribution in [-0.2, 0) is 12.8 Å². The summed E-state index contributed by atoms with van der Waals surface area (Å²) in [5.74, 6) is 1.24. The van der Waals surface area contributed by atoms with Crippen molar-refractivity contribution in [3.8, 4) is 0 Å². The number of anilines is 6. The summed E-state index contributed by atoms with van der Waals surface area (Å²) in [6, 6.07) is 19.2. The molecule has 0 aliphatic carbocycles. The third kappa shape index (κ3) is 5.49. The second kappa shape index (κ2) is 10.1. The number of nitrogens with zero attached hydrogens (tertiary/aromatic N) is 2. The molecule has 1 aliphatic rings. The molecule has 2 heterocycles. The van der Waals surface area contributed by atoms with Gasteiger partial charge in [0, 0.05) is 32.4 Å². The third-order valence-electron chi connectivity index (χ3n) is 5.66. The fraction of sp³-hybridized carbons (Fsp3) is 0.115. The highest BCUT2D eigenvalue weighted by Gasteiger charge is 2.14. The summed E-state index contributed by atoms with van der Waals surface area (Å²) in [7, 11) is 0. The van der Waals surface area contributed by atoms with Crippen molar-refractivity contribution in [1.29, 1.82) is 0 Å². The van der Waals surface area contributed by atoms with Gasteiger partial charge in [-0.05, 0) is 95.9 Å². The summed E-state index contributed by atoms with van der Waals surface area (Å²) in [6.07, 6.45) is 3.33. The van der Waals surface area contributed by atoms with Crippen LogP contribution < -0.4 is 21.3 Å². The van der Waals surface area contributed by atoms with E-state index in [0.29, 0.717) is 16.7 Å². The first kappa shape index (κ1) is 23.4. The van der Waals surface area contributed by atoms with Crippen molar-refractivity contribution < 1.29 is 4.79 Å². The van der Waals surface area contributed by atoms with Gasteiger partial charge < -0.3 is 21.3 Å². The van der Waals surface area contributed by atoms with Crippen LogP contribution in [0.3, 0.4) is 0 Å². The minimum Gasteiger partial charge on any atom is -0.340 e. The predicted molar refractivity (Wildman–Crippen MR) is 150 cm³/mol. The highest BCUT2D eigenvalue weighted by atomic mass is 127. The number of benzene rings is 3. The Morgan fingerprint density at radius 3 is 2.69 bits per heavy atom. The number of para-hydroxylation sites is 1. The van der Waals surface area contributed by atoms with E-state index in [1.54, 1.807) is 12.3 Å². The number of carbonyl (C=O) groups is 1. The number of urea groups is 1. The lowest BCUT2D eigenvalue weighted by molar-refractivity contribution is 0.262. The molecule has 6 bridgehead atoms. The SMILES string of the molecule is Cc1cnc2nc1Nc1ccc(NC(=O)Nc3c(Cl)cccc3I)c(c1)CCc1cccc(c1)N2. The zero-order valence-electron chi connectivity index (χ0n) is 18.8. The summed E-state index contributed by atoms with van der Waals surface area (Å²) in [6.45, 7) is 1.96. The van der Waals surface area contributed by atoms with Gasteiger partial charge in [-0.15, -0.1) is 0 Å². The Morgan fingerprint density at radius 1 is 1.00 bits per heavy atom. The maximum atomic E-state index is 12.9. The molecule has 0 radical (unpaired) electrons. The van der Waals surface area contributed by atoms with Gasteiger partial charge in [-0.25, -0.2) is 9.78 Å². The first-order chi connectivity index (χ1) is 16.9. The Hall–Kier alpha value is -3.37. The smallest absolute Gasteiger partial charge is 0.323 e. The summed E-state index contributed by atoms with van der Waals surface area (Å²) >= 11 is 8.43. The number of aryl methyl sites for hydroxylation is 3. The lowest BCUT2D eigenvalue weighted by Crippen LogP contribution is -2.21. The lowest BCUT2D eigenvalue weighted by Gasteiger charge is -2.16. The van der Waals surface area contributed by atoms with Crippen LogP contribution in [0.25, 0.3) is 0 Å². The van der Waals surface area contributed by atoms with Crippen molar-refractivity contribution in [3.05, 3.63) is 92.1 Å². The van der Waals surface area contributed by atoms with Crippen LogP contribution in [0.15, 0.2) is 66.9 Å². The van der Waals surface area contributed by atoms with E-state index in [4.69, 9.17) is 11.6 Å². The van der Waals surface area contributed by atoms with Crippen molar-refractivity contribution in [2.75, 3.05) is 21.3 Å². The Labute approximate surface area is 221 Å². The number of hydrogen-bond acceptors (Lipinski definition) is 5. The molecular weight excluding hydrogens is 575 g/mol. The van der Waals surface area contributed by atoms with Gasteiger partial charge in [0.2, 0.25) is 5.95 Å². The van der Waals surface area contributed by atoms with E-state index in [1.165, 1.54) is 5.56 Å². The molecule has 3 aromatic carbocycles. The van der Waals surface area contributed by atoms with E-state index >= 15 is 0 Å². The summed E-state index contributed by atoms with van der Waals surface area (Å²) in [5, 5.41) is 13.0. The highest BCUT2D eigenvalue weighted by molar-refractivity contribution is 14.1. The molecule has 9 heteroatoms. The van der Waals surface area contributed by atoms with Crippen LogP contribution in [0.2, 0.25) is 5.02 Å². The van der Waals surface area contributed by atoms with Crippen LogP contribution in [-0.4, -0.2) is 16.0 Å². The van der Waals surface area contributed by atoms with Crippen LogP contribution in [0.5, 0.6) is 0 Å². The predicted octanol–water partition coefficient (Wildman–Crippen LogP) is 7.27. The molecule has 0 atom stereocenters. The van der Waals surface area contributed by atoms with Crippen LogP contribution >= 0.6 is 34.2 Å². The highest BCUT2D eigenvalue weighted by Crippen LogP contribution is 2.30. The molecule has 176 valence electrons. The molecule has 1 aliphatic heterocycles. The molecular formula is C26H22ClIN6O. The quantitative estimate of drug-likeness (QED) is 0.183. The maximum Gasteiger partial charge on any atom is 0.323 e. The van der Waals surface area contributed by atoms with E-state index in [0.717, 1.165) is 50.4 Å². The molecule has 7 nitrogen and oxygen atoms in total. The van der Waals surface area contributed by atoms with Crippen LogP contribution in [0, 0.1) is 10.5 Å². The third-order valence-corrected chi connectivity index (χ3v) is 6.87. The first-order valence-corrected chi connectivity index (χ1v) is 12.5. The second-order valence-corrected chi connectivity index (χ2v) is 9.79. The molecule has 2 amide bonds. The topological polar surface area (TPSA) is 91.0 Å². The monoisotopic (exact) mass is 596 g/mol. The molecule has 0 fully saturated rings. The van der Waals surface area contributed by atoms with E-state index in [1.807, 2.05) is 49.4 Å². The Kier molecular flexibility index (Phi) is 6.74. The molecule has 1 aromatic heterocycles. The van der Waals surface area contributed by atoms with Crippen LogP contribution in [0.1, 0.15) is 16.7 Å². The number of aromatic nitrogens is 2. The fourth-order valence-electron chi connectivity index (χ4n) is 3.86. The second-order valence-electron chi connectivity index (χ2n) is 8.22. The number of hydrogen-bond donors (Lipinski definition) is 4. The maximum absolute atomic E-state index is 12.9. The zero-order chi connectivity index (χ0) is 24.4. The zero-order valence-corrected chi connectivity index (χ0v) is 21.7. The molecule has 0 spiro atoms. The average Bonchev–Trinajstić information content (AvgIpc) is 2.84. The van der Waals surface area contributed by atoms with Crippen molar-refractivity contribution in [1.82, 2.24) is 9.97 Å². The van der Waals surface area contributed by atoms with Gasteiger partial charge >= 0.3 is 6.03 Å². The van der Waals surface area contributed by atoms with Gasteiger partial charge in [0.25, 0.3) is 0 Å². The number of carbonyl (C=O) groups excluding carboxylic acids is 1. The van der Waals surface area contributed by atoms with Crippen molar-refractivity contribution in [2.45, 2.75) is 19.8 Å². The fourth-order valence-corrected chi connectivity index (χ4v) is 4.88. The summed E-state index contributed by atoms with van der Waals surface area (Å²) < 4.78 is 0.864. The molecule has 5 rings (SSSR count). The number of nitrogens with one attached hydrogen (secondary N) is 4. The Morgan fingerprint density at radius 2 is 1.83 bits per heavy atom. The Balaban J connectivity index is 1.47. The first-order valence-electron chi connectivity index (χ1n) is 11.1. The molecule has 0 saturated heterocycles. The van der Waals surface area contributed by atoms with Gasteiger partial charge in [0.1, 0.15) is 5.82 Å². The van der Waals surface area contributed by atoms with Crippen molar-refractivity contribution >= 4 is 74.7 Å². The summed E-state index contributed by atoms with van der Waals surface area (Å²) in [5.41, 5.74) is 6.23. The minimum absolute atomic E-state index is 0.349. The molecule has 4 aromatic rings. The number of fused-ring (bicyclic) bond motifs is 6. The van der Waals surface area contributed by atoms with Gasteiger partial charge in [-0.1, -0.05) is 29.8 Å². The van der Waals surface area contributed by atoms with Gasteiger partial charge in [0.05, 0.1) is 10.7 Å². The number of halogens is 2. The van der Waals surface area contributed by atoms with Gasteiger partial charge in [0.15, 0.2) is 0 Å². The lowest BCUT2D eigenvalue weighted by atomic mass is 10.0. The van der Waals surface area contributed by atoms with E-state index in [2.05, 4.69) is 66.0 Å². The largest absolute Gasteiger partial charge is 0.340 e. The van der Waals surface area contributed by atoms with Gasteiger partial charge in [-0.2, -0.15) is 4.98 Å². The van der Waals surface area contributed by atoms with E-state index in [9.17, 15) is 4.79 Å². The average molecular weight is 597 g/mol. The van der Waals surface area contributed by atoms with Crippen molar-refractivity contribution in [3.63, 3.8) is 0 Å². The van der Waals surface area contributed by atoms with Crippen LogP contribution in [0.4, 0.5) is 39.3 Å². The van der Waals surface area contributed by atoms with Gasteiger partial charge in [-0.3, -0.25) is 0 Å². The van der Waals surface area contributed by atoms with Crippen molar-refractivity contribution in [2.24, 2.45) is 0 Å². The molecule has 35 heavy (non-hydrogen) atoms. The Bertz CT molecular complexity index is 1410. The number of amides is 2. The molecule has 4 N–H and O–H groups in total. The molecule has 0 unspecified atom stereocenters. The molecule has 0 saturated carbocycles. The standard InChI is InChI=1S/C26H22ClIN6O/c1-15-14-29-25-31-18-5-2-4-16(12-18)8-9-17-13-19(30-24(15)34-25)10-11-22(17)32-26(35)33-23-20(27)6-3-7-21(23)28/h2-7,10-14H,8-9H2,1H3,(H2,32,33,35)(H2,29,30,31,34). The van der Waals surface area contributed by atoms with E-state index in [-0.39, 0.29) is 6.03 Å². The minimum atomic E-state index is -0.349.